The van der Waals surface area contributed by atoms with Gasteiger partial charge in [-0.25, -0.2) is 8.42 Å². The largest absolute Gasteiger partial charge is 0.481 e. The van der Waals surface area contributed by atoms with Crippen LogP contribution in [0.25, 0.3) is 0 Å². The van der Waals surface area contributed by atoms with E-state index in [1.165, 1.54) is 19.1 Å². The van der Waals surface area contributed by atoms with Crippen LogP contribution in [0, 0.1) is 5.92 Å². The predicted molar refractivity (Wildman–Crippen MR) is 83.1 cm³/mol. The van der Waals surface area contributed by atoms with Crippen molar-refractivity contribution in [3.8, 4) is 0 Å². The molecule has 1 aliphatic rings. The van der Waals surface area contributed by atoms with E-state index in [4.69, 9.17) is 5.11 Å². The molecule has 1 aromatic rings. The van der Waals surface area contributed by atoms with E-state index in [0.29, 0.717) is 0 Å². The minimum Gasteiger partial charge on any atom is -0.481 e. The van der Waals surface area contributed by atoms with Gasteiger partial charge < -0.3 is 10.4 Å². The normalized spacial score (nSPS) is 17.3. The fraction of sp³-hybridized carbons (Fsp3) is 0.467. The second-order valence-corrected chi connectivity index (χ2v) is 7.42. The molecule has 0 aliphatic heterocycles. The second-order valence-electron chi connectivity index (χ2n) is 5.71. The summed E-state index contributed by atoms with van der Waals surface area (Å²) in [5.74, 6) is -1.35. The molecule has 1 aromatic carbocycles. The average molecular weight is 340 g/mol. The summed E-state index contributed by atoms with van der Waals surface area (Å²) in [6, 6.07) is 6.31. The van der Waals surface area contributed by atoms with Crippen LogP contribution in [-0.2, 0) is 19.6 Å². The summed E-state index contributed by atoms with van der Waals surface area (Å²) >= 11 is 0. The maximum atomic E-state index is 12.2. The Kier molecular flexibility index (Phi) is 5.38. The van der Waals surface area contributed by atoms with Gasteiger partial charge in [0.25, 0.3) is 0 Å². The van der Waals surface area contributed by atoms with Crippen LogP contribution in [0.5, 0.6) is 0 Å². The Morgan fingerprint density at radius 2 is 1.87 bits per heavy atom. The molecular formula is C15H20N2O5S. The highest BCUT2D eigenvalue weighted by atomic mass is 32.2. The number of rotatable bonds is 8. The van der Waals surface area contributed by atoms with Crippen molar-refractivity contribution < 1.29 is 23.1 Å². The Morgan fingerprint density at radius 3 is 2.39 bits per heavy atom. The molecule has 1 aliphatic carbocycles. The molecule has 1 fully saturated rings. The van der Waals surface area contributed by atoms with Crippen molar-refractivity contribution in [2.75, 3.05) is 0 Å². The number of sulfonamides is 1. The molecule has 7 nitrogen and oxygen atoms in total. The van der Waals surface area contributed by atoms with Crippen molar-refractivity contribution in [3.05, 3.63) is 30.3 Å². The van der Waals surface area contributed by atoms with Gasteiger partial charge in [-0.3, -0.25) is 9.59 Å². The zero-order valence-corrected chi connectivity index (χ0v) is 13.5. The van der Waals surface area contributed by atoms with E-state index in [1.54, 1.807) is 18.2 Å². The van der Waals surface area contributed by atoms with Crippen LogP contribution in [0.2, 0.25) is 0 Å². The number of hydrogen-bond donors (Lipinski definition) is 3. The molecule has 0 saturated heterocycles. The van der Waals surface area contributed by atoms with Gasteiger partial charge in [-0.15, -0.1) is 0 Å². The van der Waals surface area contributed by atoms with Gasteiger partial charge in [0.2, 0.25) is 15.9 Å². The molecule has 1 saturated carbocycles. The van der Waals surface area contributed by atoms with Crippen LogP contribution in [0.4, 0.5) is 0 Å². The molecular weight excluding hydrogens is 320 g/mol. The minimum absolute atomic E-state index is 0.0731. The van der Waals surface area contributed by atoms with Crippen molar-refractivity contribution >= 4 is 21.9 Å². The van der Waals surface area contributed by atoms with Crippen molar-refractivity contribution in [2.45, 2.75) is 43.2 Å². The Hall–Kier alpha value is -1.93. The summed E-state index contributed by atoms with van der Waals surface area (Å²) in [4.78, 5) is 23.1. The van der Waals surface area contributed by atoms with Crippen LogP contribution in [0.15, 0.2) is 35.2 Å². The number of carbonyl (C=O) groups is 2. The molecule has 1 amide bonds. The summed E-state index contributed by atoms with van der Waals surface area (Å²) in [5, 5.41) is 11.5. The van der Waals surface area contributed by atoms with Crippen LogP contribution >= 0.6 is 0 Å². The zero-order valence-electron chi connectivity index (χ0n) is 12.7. The molecule has 0 unspecified atom stereocenters. The number of nitrogens with one attached hydrogen (secondary N) is 2. The van der Waals surface area contributed by atoms with Gasteiger partial charge in [-0.1, -0.05) is 18.2 Å². The Balaban J connectivity index is 1.98. The third kappa shape index (κ3) is 5.04. The maximum Gasteiger partial charge on any atom is 0.305 e. The summed E-state index contributed by atoms with van der Waals surface area (Å²) in [6.07, 6.45) is 1.60. The lowest BCUT2D eigenvalue weighted by atomic mass is 10.1. The van der Waals surface area contributed by atoms with Gasteiger partial charge in [0, 0.05) is 6.04 Å². The van der Waals surface area contributed by atoms with Gasteiger partial charge >= 0.3 is 5.97 Å². The molecule has 3 N–H and O–H groups in total. The first-order chi connectivity index (χ1) is 10.8. The fourth-order valence-corrected chi connectivity index (χ4v) is 3.51. The van der Waals surface area contributed by atoms with Gasteiger partial charge in [-0.05, 0) is 37.8 Å². The highest BCUT2D eigenvalue weighted by Crippen LogP contribution is 2.34. The van der Waals surface area contributed by atoms with E-state index < -0.39 is 34.0 Å². The molecule has 8 heteroatoms. The second kappa shape index (κ2) is 7.10. The van der Waals surface area contributed by atoms with E-state index in [2.05, 4.69) is 10.0 Å². The molecule has 0 radical (unpaired) electrons. The molecule has 126 valence electrons. The maximum absolute atomic E-state index is 12.2. The number of carboxylic acid groups (broad SMARTS) is 1. The zero-order chi connectivity index (χ0) is 17.0. The van der Waals surface area contributed by atoms with E-state index in [1.807, 2.05) is 0 Å². The lowest BCUT2D eigenvalue weighted by Crippen LogP contribution is -2.49. The number of hydrogen-bond acceptors (Lipinski definition) is 4. The van der Waals surface area contributed by atoms with Gasteiger partial charge in [-0.2, -0.15) is 4.72 Å². The Bertz CT molecular complexity index is 670. The lowest BCUT2D eigenvalue weighted by molar-refractivity contribution is -0.138. The molecule has 0 heterocycles. The fourth-order valence-electron chi connectivity index (χ4n) is 2.28. The van der Waals surface area contributed by atoms with E-state index >= 15 is 0 Å². The van der Waals surface area contributed by atoms with Crippen LogP contribution < -0.4 is 10.0 Å². The van der Waals surface area contributed by atoms with Crippen LogP contribution in [0.1, 0.15) is 26.2 Å². The van der Waals surface area contributed by atoms with Gasteiger partial charge in [0.05, 0.1) is 17.4 Å². The summed E-state index contributed by atoms with van der Waals surface area (Å²) < 4.78 is 26.6. The third-order valence-electron chi connectivity index (χ3n) is 3.69. The quantitative estimate of drug-likeness (QED) is 0.645. The molecule has 2 atom stereocenters. The number of carbonyl (C=O) groups excluding carboxylic acids is 1. The first kappa shape index (κ1) is 17.4. The predicted octanol–water partition coefficient (Wildman–Crippen LogP) is 0.723. The molecule has 0 spiro atoms. The Morgan fingerprint density at radius 1 is 1.26 bits per heavy atom. The number of benzene rings is 1. The van der Waals surface area contributed by atoms with Gasteiger partial charge in [0.15, 0.2) is 0 Å². The number of amides is 1. The van der Waals surface area contributed by atoms with Gasteiger partial charge in [0.1, 0.15) is 0 Å². The summed E-state index contributed by atoms with van der Waals surface area (Å²) in [5.41, 5.74) is 0. The minimum atomic E-state index is -3.80. The Labute approximate surface area is 135 Å². The van der Waals surface area contributed by atoms with Crippen molar-refractivity contribution in [2.24, 2.45) is 5.92 Å². The average Bonchev–Trinajstić information content (AvgIpc) is 3.31. The lowest BCUT2D eigenvalue weighted by Gasteiger charge is -2.20. The smallest absolute Gasteiger partial charge is 0.305 e. The SMILES string of the molecule is C[C@@H](NS(=O)(=O)c1ccccc1)C(=O)N[C@@H](CC(=O)O)C1CC1. The monoisotopic (exact) mass is 340 g/mol. The summed E-state index contributed by atoms with van der Waals surface area (Å²) in [7, 11) is -3.80. The van der Waals surface area contributed by atoms with E-state index in [9.17, 15) is 18.0 Å². The topological polar surface area (TPSA) is 113 Å². The standard InChI is InChI=1S/C15H20N2O5S/c1-10(17-23(21,22)12-5-3-2-4-6-12)15(20)16-13(9-14(18)19)11-7-8-11/h2-6,10-11,13,17H,7-9H2,1H3,(H,16,20)(H,18,19)/t10-,13+/m1/s1. The van der Waals surface area contributed by atoms with Crippen molar-refractivity contribution in [1.82, 2.24) is 10.0 Å². The number of carboxylic acids is 1. The first-order valence-electron chi connectivity index (χ1n) is 7.39. The van der Waals surface area contributed by atoms with Crippen molar-refractivity contribution in [1.29, 1.82) is 0 Å². The summed E-state index contributed by atoms with van der Waals surface area (Å²) in [6.45, 7) is 1.43. The highest BCUT2D eigenvalue weighted by molar-refractivity contribution is 7.89. The van der Waals surface area contributed by atoms with Crippen LogP contribution in [0.3, 0.4) is 0 Å². The molecule has 0 bridgehead atoms. The van der Waals surface area contributed by atoms with E-state index in [0.717, 1.165) is 12.8 Å². The molecule has 2 rings (SSSR count). The first-order valence-corrected chi connectivity index (χ1v) is 8.87. The molecule has 23 heavy (non-hydrogen) atoms. The third-order valence-corrected chi connectivity index (χ3v) is 5.25. The van der Waals surface area contributed by atoms with Crippen molar-refractivity contribution in [3.63, 3.8) is 0 Å². The number of aliphatic carboxylic acids is 1. The van der Waals surface area contributed by atoms with Crippen LogP contribution in [-0.4, -0.2) is 37.5 Å². The molecule has 0 aromatic heterocycles. The highest BCUT2D eigenvalue weighted by Gasteiger charge is 2.35. The van der Waals surface area contributed by atoms with E-state index in [-0.39, 0.29) is 17.2 Å².